The van der Waals surface area contributed by atoms with Gasteiger partial charge in [-0.3, -0.25) is 9.78 Å². The first-order valence-electron chi connectivity index (χ1n) is 5.83. The highest BCUT2D eigenvalue weighted by molar-refractivity contribution is 5.80. The Hall–Kier alpha value is -2.62. The fourth-order valence-corrected chi connectivity index (χ4v) is 1.94. The quantitative estimate of drug-likeness (QED) is 0.724. The molecular weight excluding hydrogens is 242 g/mol. The fraction of sp³-hybridized carbons (Fsp3) is 0.0667. The van der Waals surface area contributed by atoms with Gasteiger partial charge in [0.1, 0.15) is 0 Å². The van der Waals surface area contributed by atoms with E-state index in [9.17, 15) is 9.90 Å². The van der Waals surface area contributed by atoms with Crippen LogP contribution < -0.4 is 5.43 Å². The van der Waals surface area contributed by atoms with Crippen molar-refractivity contribution < 1.29 is 9.52 Å². The van der Waals surface area contributed by atoms with E-state index in [-0.39, 0.29) is 11.5 Å². The van der Waals surface area contributed by atoms with Crippen LogP contribution in [0.5, 0.6) is 5.75 Å². The number of aromatic hydroxyl groups is 1. The summed E-state index contributed by atoms with van der Waals surface area (Å²) in [5.74, 6) is -0.201. The van der Waals surface area contributed by atoms with Crippen LogP contribution in [0.4, 0.5) is 0 Å². The van der Waals surface area contributed by atoms with E-state index in [1.807, 2.05) is 19.1 Å². The van der Waals surface area contributed by atoms with Crippen LogP contribution in [0.2, 0.25) is 0 Å². The van der Waals surface area contributed by atoms with Gasteiger partial charge in [-0.15, -0.1) is 0 Å². The topological polar surface area (TPSA) is 63.3 Å². The Labute approximate surface area is 109 Å². The highest BCUT2D eigenvalue weighted by atomic mass is 16.4. The number of fused-ring (bicyclic) bond motifs is 1. The third-order valence-corrected chi connectivity index (χ3v) is 2.99. The van der Waals surface area contributed by atoms with Gasteiger partial charge in [0, 0.05) is 11.8 Å². The molecule has 0 aliphatic heterocycles. The number of nitrogens with zero attached hydrogens (tertiary/aromatic N) is 1. The molecule has 1 aromatic carbocycles. The Morgan fingerprint density at radius 2 is 1.89 bits per heavy atom. The van der Waals surface area contributed by atoms with Crippen molar-refractivity contribution >= 4 is 11.0 Å². The third-order valence-electron chi connectivity index (χ3n) is 2.99. The standard InChI is InChI=1S/C15H11NO3/c1-9-2-4-10(5-3-9)15-14(18)13(17)11-6-7-16-8-12(11)19-15/h2-8,18H,1H3. The molecule has 3 rings (SSSR count). The van der Waals surface area contributed by atoms with E-state index in [0.717, 1.165) is 5.56 Å². The number of aromatic nitrogens is 1. The van der Waals surface area contributed by atoms with E-state index >= 15 is 0 Å². The normalized spacial score (nSPS) is 10.8. The molecule has 0 spiro atoms. The third kappa shape index (κ3) is 1.87. The average Bonchev–Trinajstić information content (AvgIpc) is 2.44. The summed E-state index contributed by atoms with van der Waals surface area (Å²) in [6.07, 6.45) is 2.96. The Balaban J connectivity index is 2.33. The summed E-state index contributed by atoms with van der Waals surface area (Å²) in [7, 11) is 0. The SMILES string of the molecule is Cc1ccc(-c2oc3cnccc3c(=O)c2O)cc1. The maximum atomic E-state index is 12.1. The Morgan fingerprint density at radius 3 is 2.63 bits per heavy atom. The molecule has 1 N–H and O–H groups in total. The smallest absolute Gasteiger partial charge is 0.235 e. The Kier molecular flexibility index (Phi) is 2.56. The van der Waals surface area contributed by atoms with E-state index < -0.39 is 5.43 Å². The molecule has 19 heavy (non-hydrogen) atoms. The van der Waals surface area contributed by atoms with Gasteiger partial charge in [-0.2, -0.15) is 0 Å². The zero-order valence-electron chi connectivity index (χ0n) is 10.3. The highest BCUT2D eigenvalue weighted by Gasteiger charge is 2.14. The zero-order chi connectivity index (χ0) is 13.4. The van der Waals surface area contributed by atoms with Crippen LogP contribution >= 0.6 is 0 Å². The number of hydrogen-bond donors (Lipinski definition) is 1. The first-order chi connectivity index (χ1) is 9.16. The molecule has 2 heterocycles. The van der Waals surface area contributed by atoms with Crippen LogP contribution in [0, 0.1) is 6.92 Å². The maximum Gasteiger partial charge on any atom is 0.235 e. The minimum absolute atomic E-state index is 0.172. The summed E-state index contributed by atoms with van der Waals surface area (Å²) < 4.78 is 5.59. The first kappa shape index (κ1) is 11.5. The molecule has 0 atom stereocenters. The molecule has 0 amide bonds. The van der Waals surface area contributed by atoms with Crippen LogP contribution in [0.1, 0.15) is 5.56 Å². The lowest BCUT2D eigenvalue weighted by atomic mass is 10.1. The van der Waals surface area contributed by atoms with Gasteiger partial charge in [-0.05, 0) is 13.0 Å². The van der Waals surface area contributed by atoms with Gasteiger partial charge < -0.3 is 9.52 Å². The second-order valence-electron chi connectivity index (χ2n) is 4.35. The van der Waals surface area contributed by atoms with Crippen molar-refractivity contribution in [1.82, 2.24) is 4.98 Å². The highest BCUT2D eigenvalue weighted by Crippen LogP contribution is 2.29. The monoisotopic (exact) mass is 253 g/mol. The molecule has 0 saturated heterocycles. The maximum absolute atomic E-state index is 12.1. The van der Waals surface area contributed by atoms with Gasteiger partial charge >= 0.3 is 0 Å². The molecule has 0 unspecified atom stereocenters. The Bertz CT molecular complexity index is 804. The number of pyridine rings is 1. The minimum Gasteiger partial charge on any atom is -0.502 e. The molecule has 0 aliphatic carbocycles. The summed E-state index contributed by atoms with van der Waals surface area (Å²) in [5.41, 5.74) is 1.67. The van der Waals surface area contributed by atoms with Gasteiger partial charge in [0.05, 0.1) is 11.6 Å². The summed E-state index contributed by atoms with van der Waals surface area (Å²) in [4.78, 5) is 16.0. The zero-order valence-corrected chi connectivity index (χ0v) is 10.3. The molecule has 4 heteroatoms. The van der Waals surface area contributed by atoms with Crippen LogP contribution in [0.15, 0.2) is 51.9 Å². The lowest BCUT2D eigenvalue weighted by molar-refractivity contribution is 0.449. The molecule has 0 saturated carbocycles. The Morgan fingerprint density at radius 1 is 1.16 bits per heavy atom. The largest absolute Gasteiger partial charge is 0.502 e. The van der Waals surface area contributed by atoms with E-state index in [2.05, 4.69) is 4.98 Å². The van der Waals surface area contributed by atoms with E-state index in [4.69, 9.17) is 4.42 Å². The molecule has 3 aromatic rings. The molecule has 2 aromatic heterocycles. The van der Waals surface area contributed by atoms with Gasteiger partial charge in [0.25, 0.3) is 0 Å². The van der Waals surface area contributed by atoms with Crippen LogP contribution in [-0.4, -0.2) is 10.1 Å². The minimum atomic E-state index is -0.445. The van der Waals surface area contributed by atoms with E-state index in [0.29, 0.717) is 16.5 Å². The van der Waals surface area contributed by atoms with E-state index in [1.165, 1.54) is 18.5 Å². The first-order valence-corrected chi connectivity index (χ1v) is 5.83. The van der Waals surface area contributed by atoms with Crippen molar-refractivity contribution in [3.63, 3.8) is 0 Å². The number of aryl methyl sites for hydroxylation is 1. The number of benzene rings is 1. The molecule has 0 bridgehead atoms. The van der Waals surface area contributed by atoms with Crippen LogP contribution in [0.25, 0.3) is 22.3 Å². The lowest BCUT2D eigenvalue weighted by Gasteiger charge is -2.05. The molecule has 0 fully saturated rings. The van der Waals surface area contributed by atoms with Crippen molar-refractivity contribution in [2.75, 3.05) is 0 Å². The van der Waals surface area contributed by atoms with Gasteiger partial charge in [-0.25, -0.2) is 0 Å². The summed E-state index contributed by atoms with van der Waals surface area (Å²) >= 11 is 0. The number of rotatable bonds is 1. The summed E-state index contributed by atoms with van der Waals surface area (Å²) in [6, 6.07) is 8.91. The van der Waals surface area contributed by atoms with Crippen LogP contribution in [-0.2, 0) is 0 Å². The second kappa shape index (κ2) is 4.24. The summed E-state index contributed by atoms with van der Waals surface area (Å²) in [6.45, 7) is 1.96. The fourth-order valence-electron chi connectivity index (χ4n) is 1.94. The van der Waals surface area contributed by atoms with Crippen molar-refractivity contribution in [3.8, 4) is 17.1 Å². The summed E-state index contributed by atoms with van der Waals surface area (Å²) in [5, 5.41) is 10.3. The van der Waals surface area contributed by atoms with Crippen molar-refractivity contribution in [2.24, 2.45) is 0 Å². The predicted molar refractivity (Wildman–Crippen MR) is 72.1 cm³/mol. The van der Waals surface area contributed by atoms with Gasteiger partial charge in [0.2, 0.25) is 11.2 Å². The molecule has 0 radical (unpaired) electrons. The average molecular weight is 253 g/mol. The lowest BCUT2D eigenvalue weighted by Crippen LogP contribution is -2.02. The molecule has 4 nitrogen and oxygen atoms in total. The van der Waals surface area contributed by atoms with Crippen molar-refractivity contribution in [1.29, 1.82) is 0 Å². The number of hydrogen-bond acceptors (Lipinski definition) is 4. The van der Waals surface area contributed by atoms with Crippen LogP contribution in [0.3, 0.4) is 0 Å². The van der Waals surface area contributed by atoms with Crippen molar-refractivity contribution in [3.05, 3.63) is 58.5 Å². The van der Waals surface area contributed by atoms with Crippen molar-refractivity contribution in [2.45, 2.75) is 6.92 Å². The molecule has 94 valence electrons. The second-order valence-corrected chi connectivity index (χ2v) is 4.35. The molecular formula is C15H11NO3. The predicted octanol–water partition coefficient (Wildman–Crippen LogP) is 2.87. The van der Waals surface area contributed by atoms with Gasteiger partial charge in [0.15, 0.2) is 11.3 Å². The van der Waals surface area contributed by atoms with E-state index in [1.54, 1.807) is 12.1 Å². The molecule has 0 aliphatic rings. The van der Waals surface area contributed by atoms with Gasteiger partial charge in [-0.1, -0.05) is 29.8 Å².